The first-order valence-electron chi connectivity index (χ1n) is 11.2. The maximum absolute atomic E-state index is 12.5. The van der Waals surface area contributed by atoms with E-state index in [1.165, 1.54) is 6.92 Å². The highest BCUT2D eigenvalue weighted by molar-refractivity contribution is 8.13. The predicted molar refractivity (Wildman–Crippen MR) is 125 cm³/mol. The lowest BCUT2D eigenvalue weighted by molar-refractivity contribution is -0.299. The smallest absolute Gasteiger partial charge is 0.407 e. The highest BCUT2D eigenvalue weighted by Crippen LogP contribution is 2.30. The number of rotatable bonds is 11. The maximum Gasteiger partial charge on any atom is 0.407 e. The van der Waals surface area contributed by atoms with E-state index >= 15 is 0 Å². The van der Waals surface area contributed by atoms with Gasteiger partial charge in [-0.2, -0.15) is 0 Å². The van der Waals surface area contributed by atoms with Crippen LogP contribution < -0.4 is 5.32 Å². The maximum atomic E-state index is 12.5. The molecule has 1 aliphatic rings. The fourth-order valence-corrected chi connectivity index (χ4v) is 3.90. The van der Waals surface area contributed by atoms with Crippen LogP contribution in [-0.2, 0) is 61.9 Å². The molecule has 214 valence electrons. The van der Waals surface area contributed by atoms with Gasteiger partial charge in [0.2, 0.25) is 12.4 Å². The van der Waals surface area contributed by atoms with Crippen LogP contribution in [-0.4, -0.2) is 97.3 Å². The molecule has 1 rings (SSSR count). The zero-order chi connectivity index (χ0) is 29.0. The molecule has 0 aromatic carbocycles. The number of ether oxygens (including phenoxy) is 7. The van der Waals surface area contributed by atoms with Crippen LogP contribution in [0.15, 0.2) is 0 Å². The molecule has 1 aliphatic heterocycles. The Morgan fingerprint density at radius 2 is 1.32 bits per heavy atom. The molecule has 0 aromatic rings. The zero-order valence-corrected chi connectivity index (χ0v) is 22.5. The van der Waals surface area contributed by atoms with Crippen molar-refractivity contribution in [2.24, 2.45) is 0 Å². The van der Waals surface area contributed by atoms with Gasteiger partial charge in [-0.1, -0.05) is 11.8 Å². The van der Waals surface area contributed by atoms with Crippen molar-refractivity contribution >= 4 is 52.8 Å². The molecule has 16 heteroatoms. The largest absolute Gasteiger partial charge is 0.469 e. The molecular formula is C22H31NO14S. The van der Waals surface area contributed by atoms with Crippen molar-refractivity contribution in [3.05, 3.63) is 0 Å². The van der Waals surface area contributed by atoms with Crippen LogP contribution >= 0.6 is 11.8 Å². The summed E-state index contributed by atoms with van der Waals surface area (Å²) < 4.78 is 36.1. The summed E-state index contributed by atoms with van der Waals surface area (Å²) in [5, 5.41) is 2.17. The van der Waals surface area contributed by atoms with Crippen LogP contribution in [0.4, 0.5) is 4.79 Å². The van der Waals surface area contributed by atoms with Gasteiger partial charge in [-0.25, -0.2) is 4.79 Å². The minimum atomic E-state index is -1.62. The molecule has 1 N–H and O–H groups in total. The second-order valence-corrected chi connectivity index (χ2v) is 9.09. The molecule has 38 heavy (non-hydrogen) atoms. The lowest BCUT2D eigenvalue weighted by Gasteiger charge is -2.43. The van der Waals surface area contributed by atoms with E-state index in [0.717, 1.165) is 46.6 Å². The summed E-state index contributed by atoms with van der Waals surface area (Å²) in [6.45, 7) is 4.88. The molecule has 0 radical (unpaired) electrons. The first-order valence-corrected chi connectivity index (χ1v) is 12.2. The molecule has 1 saturated heterocycles. The lowest BCUT2D eigenvalue weighted by atomic mass is 9.98. The Labute approximate surface area is 222 Å². The summed E-state index contributed by atoms with van der Waals surface area (Å²) in [6, 6.07) is -0.837. The monoisotopic (exact) mass is 565 g/mol. The summed E-state index contributed by atoms with van der Waals surface area (Å²) in [5.41, 5.74) is 0. The van der Waals surface area contributed by atoms with E-state index in [2.05, 4.69) is 10.1 Å². The van der Waals surface area contributed by atoms with Gasteiger partial charge in [-0.3, -0.25) is 28.8 Å². The summed E-state index contributed by atoms with van der Waals surface area (Å²) >= 11 is 0.867. The third-order valence-electron chi connectivity index (χ3n) is 4.61. The Morgan fingerprint density at radius 3 is 1.82 bits per heavy atom. The number of carbonyl (C=O) groups excluding carboxylic acids is 7. The van der Waals surface area contributed by atoms with Crippen LogP contribution in [0.3, 0.4) is 0 Å². The van der Waals surface area contributed by atoms with E-state index in [0.29, 0.717) is 0 Å². The highest BCUT2D eigenvalue weighted by atomic mass is 32.2. The number of nitrogens with one attached hydrogen (secondary N) is 1. The van der Waals surface area contributed by atoms with Gasteiger partial charge in [0.25, 0.3) is 0 Å². The van der Waals surface area contributed by atoms with Gasteiger partial charge in [0.15, 0.2) is 17.3 Å². The summed E-state index contributed by atoms with van der Waals surface area (Å²) in [6.07, 6.45) is -8.77. The Morgan fingerprint density at radius 1 is 0.789 bits per heavy atom. The fraction of sp³-hybridized carbons (Fsp3) is 0.682. The number of hydrogen-bond donors (Lipinski definition) is 1. The van der Waals surface area contributed by atoms with Crippen molar-refractivity contribution in [1.82, 2.24) is 5.32 Å². The molecule has 0 saturated carbocycles. The van der Waals surface area contributed by atoms with Crippen LogP contribution in [0.2, 0.25) is 0 Å². The van der Waals surface area contributed by atoms with Crippen molar-refractivity contribution < 1.29 is 66.7 Å². The normalized spacial score (nSPS) is 23.2. The van der Waals surface area contributed by atoms with Crippen LogP contribution in [0.25, 0.3) is 0 Å². The van der Waals surface area contributed by atoms with Crippen LogP contribution in [0.5, 0.6) is 0 Å². The first kappa shape index (κ1) is 32.6. The van der Waals surface area contributed by atoms with E-state index in [1.54, 1.807) is 0 Å². The van der Waals surface area contributed by atoms with E-state index in [9.17, 15) is 33.6 Å². The van der Waals surface area contributed by atoms with Gasteiger partial charge < -0.3 is 38.5 Å². The Hall–Kier alpha value is -3.40. The lowest BCUT2D eigenvalue weighted by Crippen LogP contribution is -2.63. The molecule has 1 amide bonds. The van der Waals surface area contributed by atoms with Crippen LogP contribution in [0, 0.1) is 0 Å². The Kier molecular flexibility index (Phi) is 13.5. The molecule has 0 bridgehead atoms. The summed E-state index contributed by atoms with van der Waals surface area (Å²) in [4.78, 5) is 82.4. The number of thioether (sulfide) groups is 1. The summed E-state index contributed by atoms with van der Waals surface area (Å²) in [5.74, 6) is -3.97. The van der Waals surface area contributed by atoms with Gasteiger partial charge in [0.1, 0.15) is 12.7 Å². The number of amides is 1. The highest BCUT2D eigenvalue weighted by Gasteiger charge is 2.53. The number of methoxy groups -OCH3 is 1. The second kappa shape index (κ2) is 15.8. The Bertz CT molecular complexity index is 908. The third-order valence-corrected chi connectivity index (χ3v) is 5.58. The molecule has 15 nitrogen and oxygen atoms in total. The number of esters is 5. The third kappa shape index (κ3) is 11.8. The minimum Gasteiger partial charge on any atom is -0.469 e. The second-order valence-electron chi connectivity index (χ2n) is 7.90. The van der Waals surface area contributed by atoms with Crippen molar-refractivity contribution in [3.8, 4) is 0 Å². The quantitative estimate of drug-likeness (QED) is 0.259. The molecule has 1 heterocycles. The van der Waals surface area contributed by atoms with E-state index in [1.807, 2.05) is 0 Å². The fourth-order valence-electron chi connectivity index (χ4n) is 3.27. The van der Waals surface area contributed by atoms with Crippen molar-refractivity contribution in [2.45, 2.75) is 77.8 Å². The molecule has 0 aromatic heterocycles. The molecule has 6 atom stereocenters. The van der Waals surface area contributed by atoms with Crippen molar-refractivity contribution in [1.29, 1.82) is 0 Å². The standard InChI is InChI=1S/C22H31NO14S/c1-10(24)33-18-16(8-32-22(30)23-15(7-17(29)31-6)9-38-14(5)28)37-21(36-13(4)27)20(35-12(3)26)19(18)34-11(2)25/h15-16,18-21H,7-9H2,1-6H3,(H,23,30). The number of alkyl carbamates (subject to hydrolysis) is 1. The number of hydrogen-bond acceptors (Lipinski definition) is 15. The minimum absolute atomic E-state index is 0.0443. The predicted octanol–water partition coefficient (Wildman–Crippen LogP) is 0.00710. The van der Waals surface area contributed by atoms with E-state index in [-0.39, 0.29) is 17.3 Å². The van der Waals surface area contributed by atoms with Gasteiger partial charge >= 0.3 is 35.9 Å². The molecule has 1 fully saturated rings. The average molecular weight is 566 g/mol. The molecule has 6 unspecified atom stereocenters. The SMILES string of the molecule is COC(=O)CC(CSC(C)=O)NC(=O)OCC1OC(OC(C)=O)C(OC(C)=O)C(OC(C)=O)C1OC(C)=O. The van der Waals surface area contributed by atoms with Gasteiger partial charge in [0.05, 0.1) is 19.6 Å². The van der Waals surface area contributed by atoms with Gasteiger partial charge in [-0.05, 0) is 0 Å². The first-order chi connectivity index (χ1) is 17.7. The van der Waals surface area contributed by atoms with Gasteiger partial charge in [-0.15, -0.1) is 0 Å². The topological polar surface area (TPSA) is 196 Å². The van der Waals surface area contributed by atoms with E-state index in [4.69, 9.17) is 28.4 Å². The Balaban J connectivity index is 3.15. The summed E-state index contributed by atoms with van der Waals surface area (Å²) in [7, 11) is 1.16. The van der Waals surface area contributed by atoms with E-state index < -0.39 is 79.3 Å². The zero-order valence-electron chi connectivity index (χ0n) is 21.7. The molecule has 0 spiro atoms. The van der Waals surface area contributed by atoms with Crippen molar-refractivity contribution in [2.75, 3.05) is 19.5 Å². The molecule has 0 aliphatic carbocycles. The average Bonchev–Trinajstić information content (AvgIpc) is 2.78. The van der Waals surface area contributed by atoms with Crippen LogP contribution in [0.1, 0.15) is 41.0 Å². The van der Waals surface area contributed by atoms with Gasteiger partial charge in [0, 0.05) is 40.4 Å². The molecular weight excluding hydrogens is 534 g/mol. The van der Waals surface area contributed by atoms with Crippen molar-refractivity contribution in [3.63, 3.8) is 0 Å². The number of carbonyl (C=O) groups is 7.